The topological polar surface area (TPSA) is 38.0 Å². The number of nitrogens with one attached hydrogen (secondary N) is 1. The van der Waals surface area contributed by atoms with Gasteiger partial charge in [0.15, 0.2) is 0 Å². The molecule has 0 heterocycles. The largest absolute Gasteiger partial charge is 0.326 e. The molecule has 1 aromatic carbocycles. The molecule has 1 atom stereocenters. The van der Waals surface area contributed by atoms with E-state index in [1.807, 2.05) is 7.05 Å². The summed E-state index contributed by atoms with van der Waals surface area (Å²) in [5, 5.41) is 3.40. The predicted octanol–water partition coefficient (Wildman–Crippen LogP) is 3.08. The van der Waals surface area contributed by atoms with Crippen molar-refractivity contribution in [2.24, 2.45) is 5.73 Å². The zero-order chi connectivity index (χ0) is 13.1. The highest BCUT2D eigenvalue weighted by Crippen LogP contribution is 2.25. The number of aryl methyl sites for hydroxylation is 2. The first-order valence-corrected chi connectivity index (χ1v) is 6.37. The highest BCUT2D eigenvalue weighted by atomic mass is 14.9. The van der Waals surface area contributed by atoms with Crippen LogP contribution in [0.4, 0.5) is 0 Å². The van der Waals surface area contributed by atoms with Gasteiger partial charge in [0.05, 0.1) is 0 Å². The molecule has 1 unspecified atom stereocenters. The molecular weight excluding hydrogens is 208 g/mol. The molecule has 17 heavy (non-hydrogen) atoms. The van der Waals surface area contributed by atoms with Crippen molar-refractivity contribution < 1.29 is 0 Å². The summed E-state index contributed by atoms with van der Waals surface area (Å²) in [4.78, 5) is 0. The van der Waals surface area contributed by atoms with Gasteiger partial charge < -0.3 is 11.1 Å². The second-order valence-electron chi connectivity index (χ2n) is 5.73. The number of rotatable bonds is 5. The molecule has 0 radical (unpaired) electrons. The SMILES string of the molecule is CNC(CCC(C)(C)N)c1cc(C)ccc1C. The molecule has 0 aliphatic heterocycles. The van der Waals surface area contributed by atoms with Crippen molar-refractivity contribution in [2.45, 2.75) is 52.1 Å². The van der Waals surface area contributed by atoms with Gasteiger partial charge in [0, 0.05) is 11.6 Å². The molecule has 0 bridgehead atoms. The lowest BCUT2D eigenvalue weighted by Gasteiger charge is -2.24. The number of benzene rings is 1. The van der Waals surface area contributed by atoms with E-state index in [4.69, 9.17) is 5.73 Å². The summed E-state index contributed by atoms with van der Waals surface area (Å²) in [6.07, 6.45) is 2.09. The van der Waals surface area contributed by atoms with Crippen LogP contribution >= 0.6 is 0 Å². The van der Waals surface area contributed by atoms with Crippen LogP contribution in [0.25, 0.3) is 0 Å². The van der Waals surface area contributed by atoms with Crippen molar-refractivity contribution >= 4 is 0 Å². The third-order valence-electron chi connectivity index (χ3n) is 3.24. The highest BCUT2D eigenvalue weighted by Gasteiger charge is 2.17. The summed E-state index contributed by atoms with van der Waals surface area (Å²) in [5.74, 6) is 0. The van der Waals surface area contributed by atoms with E-state index >= 15 is 0 Å². The van der Waals surface area contributed by atoms with Crippen LogP contribution in [-0.4, -0.2) is 12.6 Å². The fourth-order valence-corrected chi connectivity index (χ4v) is 2.11. The summed E-state index contributed by atoms with van der Waals surface area (Å²) in [7, 11) is 2.02. The molecule has 96 valence electrons. The van der Waals surface area contributed by atoms with Gasteiger partial charge in [-0.3, -0.25) is 0 Å². The van der Waals surface area contributed by atoms with E-state index in [0.29, 0.717) is 6.04 Å². The minimum Gasteiger partial charge on any atom is -0.326 e. The van der Waals surface area contributed by atoms with E-state index < -0.39 is 0 Å². The lowest BCUT2D eigenvalue weighted by molar-refractivity contribution is 0.410. The van der Waals surface area contributed by atoms with Crippen LogP contribution in [0.2, 0.25) is 0 Å². The lowest BCUT2D eigenvalue weighted by Crippen LogP contribution is -2.33. The van der Waals surface area contributed by atoms with Gasteiger partial charge in [-0.05, 0) is 58.7 Å². The summed E-state index contributed by atoms with van der Waals surface area (Å²) in [6.45, 7) is 8.49. The molecule has 0 aliphatic carbocycles. The third-order valence-corrected chi connectivity index (χ3v) is 3.24. The lowest BCUT2D eigenvalue weighted by atomic mass is 9.91. The minimum absolute atomic E-state index is 0.0904. The standard InChI is InChI=1S/C15H26N2/c1-11-6-7-12(2)13(10-11)14(17-5)8-9-15(3,4)16/h6-7,10,14,17H,8-9,16H2,1-5H3. The maximum absolute atomic E-state index is 6.06. The Balaban J connectivity index is 2.82. The quantitative estimate of drug-likeness (QED) is 0.821. The number of hydrogen-bond donors (Lipinski definition) is 2. The Morgan fingerprint density at radius 3 is 2.47 bits per heavy atom. The van der Waals surface area contributed by atoms with Crippen LogP contribution in [0.3, 0.4) is 0 Å². The van der Waals surface area contributed by atoms with Crippen molar-refractivity contribution in [1.29, 1.82) is 0 Å². The molecule has 2 heteroatoms. The maximum Gasteiger partial charge on any atom is 0.0320 e. The van der Waals surface area contributed by atoms with Crippen LogP contribution in [0.5, 0.6) is 0 Å². The summed E-state index contributed by atoms with van der Waals surface area (Å²) in [6, 6.07) is 7.04. The summed E-state index contributed by atoms with van der Waals surface area (Å²) in [5.41, 5.74) is 10.0. The van der Waals surface area contributed by atoms with Crippen LogP contribution in [-0.2, 0) is 0 Å². The van der Waals surface area contributed by atoms with E-state index in [1.165, 1.54) is 16.7 Å². The Hall–Kier alpha value is -0.860. The molecule has 0 saturated carbocycles. The van der Waals surface area contributed by atoms with E-state index in [1.54, 1.807) is 0 Å². The molecule has 1 rings (SSSR count). The van der Waals surface area contributed by atoms with Gasteiger partial charge in [-0.2, -0.15) is 0 Å². The zero-order valence-electron chi connectivity index (χ0n) is 11.8. The first-order chi connectivity index (χ1) is 7.83. The van der Waals surface area contributed by atoms with Crippen molar-refractivity contribution in [1.82, 2.24) is 5.32 Å². The Kier molecular flexibility index (Phi) is 4.72. The van der Waals surface area contributed by atoms with Gasteiger partial charge in [0.25, 0.3) is 0 Å². The van der Waals surface area contributed by atoms with Gasteiger partial charge in [-0.1, -0.05) is 23.8 Å². The zero-order valence-corrected chi connectivity index (χ0v) is 11.8. The van der Waals surface area contributed by atoms with E-state index in [-0.39, 0.29) is 5.54 Å². The van der Waals surface area contributed by atoms with Gasteiger partial charge >= 0.3 is 0 Å². The molecule has 3 N–H and O–H groups in total. The van der Waals surface area contributed by atoms with Crippen LogP contribution in [0.15, 0.2) is 18.2 Å². The second kappa shape index (κ2) is 5.65. The summed E-state index contributed by atoms with van der Waals surface area (Å²) < 4.78 is 0. The molecular formula is C15H26N2. The minimum atomic E-state index is -0.0904. The third kappa shape index (κ3) is 4.49. The van der Waals surface area contributed by atoms with Crippen molar-refractivity contribution in [3.8, 4) is 0 Å². The first-order valence-electron chi connectivity index (χ1n) is 6.37. The Labute approximate surface area is 106 Å². The predicted molar refractivity (Wildman–Crippen MR) is 75.2 cm³/mol. The average Bonchev–Trinajstić information content (AvgIpc) is 2.22. The molecule has 0 fully saturated rings. The van der Waals surface area contributed by atoms with Gasteiger partial charge in [-0.15, -0.1) is 0 Å². The highest BCUT2D eigenvalue weighted by molar-refractivity contribution is 5.33. The summed E-state index contributed by atoms with van der Waals surface area (Å²) >= 11 is 0. The molecule has 0 spiro atoms. The Morgan fingerprint density at radius 1 is 1.29 bits per heavy atom. The molecule has 2 nitrogen and oxygen atoms in total. The Bertz CT molecular complexity index is 364. The second-order valence-corrected chi connectivity index (χ2v) is 5.73. The fraction of sp³-hybridized carbons (Fsp3) is 0.600. The normalized spacial score (nSPS) is 13.8. The molecule has 0 aliphatic rings. The molecule has 1 aromatic rings. The average molecular weight is 234 g/mol. The van der Waals surface area contributed by atoms with Gasteiger partial charge in [0.1, 0.15) is 0 Å². The van der Waals surface area contributed by atoms with Crippen molar-refractivity contribution in [3.05, 3.63) is 34.9 Å². The fourth-order valence-electron chi connectivity index (χ4n) is 2.11. The smallest absolute Gasteiger partial charge is 0.0320 e. The van der Waals surface area contributed by atoms with E-state index in [2.05, 4.69) is 51.2 Å². The monoisotopic (exact) mass is 234 g/mol. The van der Waals surface area contributed by atoms with Crippen LogP contribution in [0.1, 0.15) is 49.4 Å². The molecule has 0 saturated heterocycles. The number of nitrogens with two attached hydrogens (primary N) is 1. The van der Waals surface area contributed by atoms with E-state index in [9.17, 15) is 0 Å². The van der Waals surface area contributed by atoms with E-state index in [0.717, 1.165) is 12.8 Å². The Morgan fingerprint density at radius 2 is 1.94 bits per heavy atom. The molecule has 0 amide bonds. The van der Waals surface area contributed by atoms with Crippen LogP contribution < -0.4 is 11.1 Å². The van der Waals surface area contributed by atoms with Gasteiger partial charge in [-0.25, -0.2) is 0 Å². The molecule has 0 aromatic heterocycles. The van der Waals surface area contributed by atoms with Gasteiger partial charge in [0.2, 0.25) is 0 Å². The van der Waals surface area contributed by atoms with Crippen molar-refractivity contribution in [3.63, 3.8) is 0 Å². The van der Waals surface area contributed by atoms with Crippen molar-refractivity contribution in [2.75, 3.05) is 7.05 Å². The maximum atomic E-state index is 6.06. The van der Waals surface area contributed by atoms with Crippen LogP contribution in [0, 0.1) is 13.8 Å². The first kappa shape index (κ1) is 14.2. The number of hydrogen-bond acceptors (Lipinski definition) is 2.